The van der Waals surface area contributed by atoms with E-state index in [1.807, 2.05) is 0 Å². The summed E-state index contributed by atoms with van der Waals surface area (Å²) in [6, 6.07) is 6.04. The Kier molecular flexibility index (Phi) is 3.30. The van der Waals surface area contributed by atoms with Crippen molar-refractivity contribution in [3.05, 3.63) is 41.3 Å². The summed E-state index contributed by atoms with van der Waals surface area (Å²) >= 11 is 5.54. The quantitative estimate of drug-likeness (QED) is 0.739. The van der Waals surface area contributed by atoms with Crippen LogP contribution in [-0.4, -0.2) is 0 Å². The standard InChI is InChI=1S/C9H6ClFN2/c10-7-2-3-9(8(11)6-7)13-5-1-4-12/h1-3,5-6,13H. The van der Waals surface area contributed by atoms with Gasteiger partial charge in [-0.1, -0.05) is 11.6 Å². The van der Waals surface area contributed by atoms with E-state index in [9.17, 15) is 4.39 Å². The smallest absolute Gasteiger partial charge is 0.148 e. The first-order chi connectivity index (χ1) is 6.24. The number of allylic oxidation sites excluding steroid dienone is 1. The van der Waals surface area contributed by atoms with Gasteiger partial charge in [-0.05, 0) is 18.2 Å². The highest BCUT2D eigenvalue weighted by molar-refractivity contribution is 6.30. The minimum atomic E-state index is -0.449. The first kappa shape index (κ1) is 9.56. The lowest BCUT2D eigenvalue weighted by Crippen LogP contribution is -1.90. The summed E-state index contributed by atoms with van der Waals surface area (Å²) in [6.07, 6.45) is 2.57. The molecule has 0 aliphatic carbocycles. The molecule has 0 aliphatic rings. The second-order valence-corrected chi connectivity index (χ2v) is 2.67. The molecule has 0 fully saturated rings. The normalized spacial score (nSPS) is 9.92. The Morgan fingerprint density at radius 3 is 2.92 bits per heavy atom. The lowest BCUT2D eigenvalue weighted by molar-refractivity contribution is 0.632. The molecule has 66 valence electrons. The van der Waals surface area contributed by atoms with Gasteiger partial charge >= 0.3 is 0 Å². The van der Waals surface area contributed by atoms with Crippen LogP contribution in [0, 0.1) is 17.1 Å². The number of benzene rings is 1. The van der Waals surface area contributed by atoms with E-state index < -0.39 is 5.82 Å². The van der Waals surface area contributed by atoms with Crippen molar-refractivity contribution in [1.82, 2.24) is 0 Å². The molecule has 0 heterocycles. The van der Waals surface area contributed by atoms with Gasteiger partial charge in [-0.2, -0.15) is 5.26 Å². The zero-order valence-electron chi connectivity index (χ0n) is 6.59. The first-order valence-electron chi connectivity index (χ1n) is 3.50. The maximum Gasteiger partial charge on any atom is 0.148 e. The van der Waals surface area contributed by atoms with E-state index in [-0.39, 0.29) is 5.69 Å². The first-order valence-corrected chi connectivity index (χ1v) is 3.88. The van der Waals surface area contributed by atoms with Crippen LogP contribution in [0.1, 0.15) is 0 Å². The molecule has 0 atom stereocenters. The summed E-state index contributed by atoms with van der Waals surface area (Å²) in [5, 5.41) is 11.1. The summed E-state index contributed by atoms with van der Waals surface area (Å²) in [5.74, 6) is -0.449. The SMILES string of the molecule is N#CC=CNc1ccc(Cl)cc1F. The molecule has 13 heavy (non-hydrogen) atoms. The van der Waals surface area contributed by atoms with Crippen LogP contribution in [0.3, 0.4) is 0 Å². The van der Waals surface area contributed by atoms with Gasteiger partial charge in [0.15, 0.2) is 0 Å². The monoisotopic (exact) mass is 196 g/mol. The van der Waals surface area contributed by atoms with Crippen LogP contribution in [0.15, 0.2) is 30.5 Å². The van der Waals surface area contributed by atoms with Crippen LogP contribution in [0.25, 0.3) is 0 Å². The molecule has 0 amide bonds. The third-order valence-corrected chi connectivity index (χ3v) is 1.56. The fraction of sp³-hybridized carbons (Fsp3) is 0. The van der Waals surface area contributed by atoms with Gasteiger partial charge < -0.3 is 5.32 Å². The van der Waals surface area contributed by atoms with Crippen molar-refractivity contribution in [1.29, 1.82) is 5.26 Å². The number of hydrogen-bond donors (Lipinski definition) is 1. The number of rotatable bonds is 2. The van der Waals surface area contributed by atoms with Gasteiger partial charge in [-0.25, -0.2) is 4.39 Å². The van der Waals surface area contributed by atoms with Gasteiger partial charge in [0, 0.05) is 17.3 Å². The van der Waals surface area contributed by atoms with Crippen LogP contribution in [0.4, 0.5) is 10.1 Å². The third-order valence-electron chi connectivity index (χ3n) is 1.33. The van der Waals surface area contributed by atoms with Gasteiger partial charge in [0.1, 0.15) is 5.82 Å². The topological polar surface area (TPSA) is 35.8 Å². The van der Waals surface area contributed by atoms with Crippen LogP contribution in [0.5, 0.6) is 0 Å². The molecule has 0 unspecified atom stereocenters. The lowest BCUT2D eigenvalue weighted by atomic mass is 10.3. The number of hydrogen-bond acceptors (Lipinski definition) is 2. The zero-order chi connectivity index (χ0) is 9.68. The molecule has 1 aromatic rings. The van der Waals surface area contributed by atoms with Crippen molar-refractivity contribution in [2.45, 2.75) is 0 Å². The van der Waals surface area contributed by atoms with E-state index in [1.165, 1.54) is 24.4 Å². The highest BCUT2D eigenvalue weighted by Crippen LogP contribution is 2.18. The second-order valence-electron chi connectivity index (χ2n) is 2.23. The molecule has 0 spiro atoms. The summed E-state index contributed by atoms with van der Waals surface area (Å²) in [5.41, 5.74) is 0.288. The molecule has 0 bridgehead atoms. The number of nitriles is 1. The van der Waals surface area contributed by atoms with E-state index in [0.29, 0.717) is 5.02 Å². The van der Waals surface area contributed by atoms with E-state index in [0.717, 1.165) is 0 Å². The van der Waals surface area contributed by atoms with E-state index in [2.05, 4.69) is 5.32 Å². The Bertz CT molecular complexity index is 368. The number of nitrogens with one attached hydrogen (secondary N) is 1. The molecule has 1 aromatic carbocycles. The largest absolute Gasteiger partial charge is 0.359 e. The summed E-state index contributed by atoms with van der Waals surface area (Å²) in [4.78, 5) is 0. The van der Waals surface area contributed by atoms with Crippen molar-refractivity contribution < 1.29 is 4.39 Å². The lowest BCUT2D eigenvalue weighted by Gasteiger charge is -2.01. The average molecular weight is 197 g/mol. The third kappa shape index (κ3) is 2.77. The molecule has 0 aliphatic heterocycles. The molecule has 2 nitrogen and oxygen atoms in total. The average Bonchev–Trinajstić information content (AvgIpc) is 2.09. The van der Waals surface area contributed by atoms with E-state index in [1.54, 1.807) is 12.1 Å². The molecular weight excluding hydrogens is 191 g/mol. The molecule has 0 radical (unpaired) electrons. The minimum absolute atomic E-state index is 0.288. The van der Waals surface area contributed by atoms with Crippen molar-refractivity contribution in [2.24, 2.45) is 0 Å². The highest BCUT2D eigenvalue weighted by Gasteiger charge is 1.99. The zero-order valence-corrected chi connectivity index (χ0v) is 7.35. The van der Waals surface area contributed by atoms with Gasteiger partial charge in [-0.15, -0.1) is 0 Å². The van der Waals surface area contributed by atoms with E-state index in [4.69, 9.17) is 16.9 Å². The number of halogens is 2. The Morgan fingerprint density at radius 2 is 2.31 bits per heavy atom. The van der Waals surface area contributed by atoms with Crippen molar-refractivity contribution in [2.75, 3.05) is 5.32 Å². The van der Waals surface area contributed by atoms with Crippen LogP contribution < -0.4 is 5.32 Å². The molecule has 4 heteroatoms. The summed E-state index contributed by atoms with van der Waals surface area (Å²) in [7, 11) is 0. The van der Waals surface area contributed by atoms with Crippen molar-refractivity contribution in [3.8, 4) is 6.07 Å². The molecule has 0 saturated heterocycles. The Balaban J connectivity index is 2.79. The molecule has 0 saturated carbocycles. The fourth-order valence-corrected chi connectivity index (χ4v) is 0.934. The minimum Gasteiger partial charge on any atom is -0.359 e. The predicted octanol–water partition coefficient (Wildman–Crippen LogP) is 2.93. The maximum atomic E-state index is 13.0. The number of nitrogens with zero attached hydrogens (tertiary/aromatic N) is 1. The Labute approximate surface area is 80.2 Å². The van der Waals surface area contributed by atoms with Crippen LogP contribution in [0.2, 0.25) is 5.02 Å². The van der Waals surface area contributed by atoms with Crippen LogP contribution >= 0.6 is 11.6 Å². The maximum absolute atomic E-state index is 13.0. The van der Waals surface area contributed by atoms with Crippen molar-refractivity contribution in [3.63, 3.8) is 0 Å². The number of anilines is 1. The van der Waals surface area contributed by atoms with Gasteiger partial charge in [0.25, 0.3) is 0 Å². The summed E-state index contributed by atoms with van der Waals surface area (Å²) in [6.45, 7) is 0. The van der Waals surface area contributed by atoms with E-state index >= 15 is 0 Å². The van der Waals surface area contributed by atoms with Crippen molar-refractivity contribution >= 4 is 17.3 Å². The molecule has 1 N–H and O–H groups in total. The summed E-state index contributed by atoms with van der Waals surface area (Å²) < 4.78 is 13.0. The molecule has 0 aromatic heterocycles. The second kappa shape index (κ2) is 4.48. The Hall–Kier alpha value is -1.53. The fourth-order valence-electron chi connectivity index (χ4n) is 0.775. The van der Waals surface area contributed by atoms with Crippen LogP contribution in [-0.2, 0) is 0 Å². The Morgan fingerprint density at radius 1 is 1.54 bits per heavy atom. The highest BCUT2D eigenvalue weighted by atomic mass is 35.5. The van der Waals surface area contributed by atoms with Gasteiger partial charge in [0.2, 0.25) is 0 Å². The van der Waals surface area contributed by atoms with Gasteiger partial charge in [0.05, 0.1) is 11.8 Å². The predicted molar refractivity (Wildman–Crippen MR) is 49.8 cm³/mol. The molecule has 1 rings (SSSR count). The molecular formula is C9H6ClFN2. The van der Waals surface area contributed by atoms with Gasteiger partial charge in [-0.3, -0.25) is 0 Å².